The van der Waals surface area contributed by atoms with E-state index in [0.717, 1.165) is 19.3 Å². The van der Waals surface area contributed by atoms with Gasteiger partial charge in [-0.1, -0.05) is 32.4 Å². The number of hydrogen-bond acceptors (Lipinski definition) is 2. The third kappa shape index (κ3) is 4.77. The summed E-state index contributed by atoms with van der Waals surface area (Å²) < 4.78 is 81.5. The molecule has 3 atom stereocenters. The maximum atomic E-state index is 13.2. The molecule has 1 aliphatic rings. The number of hydrogen-bond donors (Lipinski definition) is 0. The van der Waals surface area contributed by atoms with E-state index in [2.05, 4.69) is 31.1 Å². The molecule has 0 bridgehead atoms. The first kappa shape index (κ1) is 23.3. The first-order valence-electron chi connectivity index (χ1n) is 9.69. The molecule has 1 fully saturated rings. The zero-order chi connectivity index (χ0) is 22.4. The van der Waals surface area contributed by atoms with Crippen molar-refractivity contribution in [3.05, 3.63) is 33.0 Å². The summed E-state index contributed by atoms with van der Waals surface area (Å²) in [7, 11) is 0. The second-order valence-electron chi connectivity index (χ2n) is 8.36. The summed E-state index contributed by atoms with van der Waals surface area (Å²) in [5.74, 6) is 1.15. The van der Waals surface area contributed by atoms with Gasteiger partial charge in [-0.3, -0.25) is 0 Å². The molecule has 0 N–H and O–H groups in total. The fourth-order valence-electron chi connectivity index (χ4n) is 4.20. The molecule has 3 nitrogen and oxygen atoms in total. The van der Waals surface area contributed by atoms with Crippen molar-refractivity contribution >= 4 is 22.6 Å². The van der Waals surface area contributed by atoms with Gasteiger partial charge in [0.05, 0.1) is 17.2 Å². The van der Waals surface area contributed by atoms with Gasteiger partial charge in [0.1, 0.15) is 9.39 Å². The fourth-order valence-corrected chi connectivity index (χ4v) is 5.07. The lowest BCUT2D eigenvalue weighted by atomic mass is 9.74. The van der Waals surface area contributed by atoms with E-state index in [-0.39, 0.29) is 23.4 Å². The van der Waals surface area contributed by atoms with Crippen molar-refractivity contribution in [2.24, 2.45) is 17.8 Å². The van der Waals surface area contributed by atoms with Gasteiger partial charge < -0.3 is 0 Å². The third-order valence-corrected chi connectivity index (χ3v) is 6.81. The van der Waals surface area contributed by atoms with Crippen LogP contribution in [-0.4, -0.2) is 15.0 Å². The van der Waals surface area contributed by atoms with Gasteiger partial charge in [-0.05, 0) is 71.4 Å². The van der Waals surface area contributed by atoms with E-state index in [9.17, 15) is 26.3 Å². The van der Waals surface area contributed by atoms with Gasteiger partial charge in [0.25, 0.3) is 0 Å². The highest BCUT2D eigenvalue weighted by atomic mass is 127. The number of benzene rings is 1. The largest absolute Gasteiger partial charge is 0.416 e. The van der Waals surface area contributed by atoms with Crippen molar-refractivity contribution < 1.29 is 26.3 Å². The van der Waals surface area contributed by atoms with Crippen LogP contribution in [0.25, 0.3) is 11.3 Å². The molecule has 3 rings (SSSR count). The summed E-state index contributed by atoms with van der Waals surface area (Å²) in [6.07, 6.45) is -6.88. The van der Waals surface area contributed by atoms with Crippen molar-refractivity contribution in [3.8, 4) is 11.3 Å². The molecule has 0 aliphatic heterocycles. The molecule has 1 heterocycles. The van der Waals surface area contributed by atoms with Crippen LogP contribution in [0.2, 0.25) is 0 Å². The lowest BCUT2D eigenvalue weighted by Crippen LogP contribution is -2.31. The molecule has 0 spiro atoms. The summed E-state index contributed by atoms with van der Waals surface area (Å²) in [5.41, 5.74) is -2.92. The van der Waals surface area contributed by atoms with Gasteiger partial charge in [-0.2, -0.15) is 26.3 Å². The smallest absolute Gasteiger partial charge is 0.235 e. The molecular formula is C20H22F6IN3. The Kier molecular flexibility index (Phi) is 6.46. The van der Waals surface area contributed by atoms with E-state index < -0.39 is 23.5 Å². The normalized spacial score (nSPS) is 23.2. The van der Waals surface area contributed by atoms with Gasteiger partial charge in [0.2, 0.25) is 0 Å². The highest BCUT2D eigenvalue weighted by Gasteiger charge is 2.38. The number of alkyl halides is 6. The minimum atomic E-state index is -4.90. The number of aromatic nitrogens is 3. The second-order valence-corrected chi connectivity index (χ2v) is 9.38. The fraction of sp³-hybridized carbons (Fsp3) is 0.600. The summed E-state index contributed by atoms with van der Waals surface area (Å²) in [4.78, 5) is 0. The highest BCUT2D eigenvalue weighted by Crippen LogP contribution is 2.43. The maximum Gasteiger partial charge on any atom is 0.416 e. The monoisotopic (exact) mass is 545 g/mol. The molecule has 1 aliphatic carbocycles. The van der Waals surface area contributed by atoms with E-state index >= 15 is 0 Å². The van der Waals surface area contributed by atoms with Gasteiger partial charge in [0.15, 0.2) is 0 Å². The zero-order valence-corrected chi connectivity index (χ0v) is 18.8. The highest BCUT2D eigenvalue weighted by molar-refractivity contribution is 14.1. The SMILES string of the molecule is CC(C)[C@@H]1CC[C@@H](C)C[C@@H]1n1nnc(-c2cc(C(F)(F)F)cc(C(F)(F)F)c2)c1I. The van der Waals surface area contributed by atoms with Crippen LogP contribution in [0.3, 0.4) is 0 Å². The Morgan fingerprint density at radius 1 is 1.00 bits per heavy atom. The Labute approximate surface area is 184 Å². The predicted molar refractivity (Wildman–Crippen MR) is 109 cm³/mol. The molecule has 1 aromatic carbocycles. The zero-order valence-electron chi connectivity index (χ0n) is 16.7. The van der Waals surface area contributed by atoms with Crippen molar-refractivity contribution in [1.82, 2.24) is 15.0 Å². The third-order valence-electron chi connectivity index (χ3n) is 5.80. The van der Waals surface area contributed by atoms with Gasteiger partial charge in [-0.25, -0.2) is 4.68 Å². The van der Waals surface area contributed by atoms with Crippen molar-refractivity contribution in [3.63, 3.8) is 0 Å². The molecule has 0 unspecified atom stereocenters. The topological polar surface area (TPSA) is 30.7 Å². The van der Waals surface area contributed by atoms with Gasteiger partial charge in [-0.15, -0.1) is 5.10 Å². The van der Waals surface area contributed by atoms with E-state index in [1.807, 2.05) is 22.6 Å². The number of rotatable bonds is 3. The van der Waals surface area contributed by atoms with Crippen molar-refractivity contribution in [2.75, 3.05) is 0 Å². The van der Waals surface area contributed by atoms with Gasteiger partial charge >= 0.3 is 12.4 Å². The molecule has 30 heavy (non-hydrogen) atoms. The quantitative estimate of drug-likeness (QED) is 0.301. The van der Waals surface area contributed by atoms with Crippen LogP contribution in [-0.2, 0) is 12.4 Å². The van der Waals surface area contributed by atoms with Crippen LogP contribution in [0.4, 0.5) is 26.3 Å². The molecule has 0 saturated heterocycles. The summed E-state index contributed by atoms with van der Waals surface area (Å²) in [5, 5.41) is 8.16. The van der Waals surface area contributed by atoms with Crippen molar-refractivity contribution in [2.45, 2.75) is 58.4 Å². The Morgan fingerprint density at radius 3 is 2.07 bits per heavy atom. The average Bonchev–Trinajstić information content (AvgIpc) is 3.01. The van der Waals surface area contributed by atoms with Crippen molar-refractivity contribution in [1.29, 1.82) is 0 Å². The number of halogens is 7. The van der Waals surface area contributed by atoms with E-state index in [4.69, 9.17) is 0 Å². The summed E-state index contributed by atoms with van der Waals surface area (Å²) in [6, 6.07) is 1.54. The minimum absolute atomic E-state index is 0.00906. The molecule has 1 saturated carbocycles. The van der Waals surface area contributed by atoms with Crippen LogP contribution >= 0.6 is 22.6 Å². The Morgan fingerprint density at radius 2 is 1.57 bits per heavy atom. The molecule has 2 aromatic rings. The average molecular weight is 545 g/mol. The molecule has 10 heteroatoms. The van der Waals surface area contributed by atoms with Crippen LogP contribution in [0, 0.1) is 21.5 Å². The minimum Gasteiger partial charge on any atom is -0.235 e. The summed E-state index contributed by atoms with van der Waals surface area (Å²) in [6.45, 7) is 6.36. The standard InChI is InChI=1S/C20H22F6IN3/c1-10(2)15-5-4-11(3)6-16(15)30-18(27)17(28-29-30)12-7-13(19(21,22)23)9-14(8-12)20(24,25)26/h7-11,15-16H,4-6H2,1-3H3/t11-,15+,16+/m1/s1. The van der Waals surface area contributed by atoms with E-state index in [1.54, 1.807) is 4.68 Å². The lowest BCUT2D eigenvalue weighted by Gasteiger charge is -2.37. The van der Waals surface area contributed by atoms with Crippen LogP contribution < -0.4 is 0 Å². The lowest BCUT2D eigenvalue weighted by molar-refractivity contribution is -0.143. The van der Waals surface area contributed by atoms with E-state index in [0.29, 0.717) is 33.6 Å². The molecule has 166 valence electrons. The van der Waals surface area contributed by atoms with Crippen LogP contribution in [0.15, 0.2) is 18.2 Å². The first-order valence-corrected chi connectivity index (χ1v) is 10.8. The molecule has 0 radical (unpaired) electrons. The Bertz CT molecular complexity index is 871. The molecule has 0 amide bonds. The van der Waals surface area contributed by atoms with E-state index in [1.165, 1.54) is 0 Å². The number of nitrogens with zero attached hydrogens (tertiary/aromatic N) is 3. The summed E-state index contributed by atoms with van der Waals surface area (Å²) >= 11 is 1.92. The second kappa shape index (κ2) is 8.31. The molecule has 1 aromatic heterocycles. The maximum absolute atomic E-state index is 13.2. The Hall–Kier alpha value is -1.33. The predicted octanol–water partition coefficient (Wildman–Crippen LogP) is 7.22. The van der Waals surface area contributed by atoms with Gasteiger partial charge in [0, 0.05) is 5.56 Å². The van der Waals surface area contributed by atoms with Crippen LogP contribution in [0.1, 0.15) is 57.2 Å². The van der Waals surface area contributed by atoms with Crippen LogP contribution in [0.5, 0.6) is 0 Å². The Balaban J connectivity index is 2.09. The molecular weight excluding hydrogens is 523 g/mol. The first-order chi connectivity index (χ1) is 13.8.